The fourth-order valence-electron chi connectivity index (χ4n) is 1.73. The molecule has 1 aromatic carbocycles. The minimum atomic E-state index is -4.55. The number of benzene rings is 1. The lowest BCUT2D eigenvalue weighted by atomic mass is 10.2. The minimum Gasteiger partial charge on any atom is -0.452 e. The molecule has 0 unspecified atom stereocenters. The number of urea groups is 1. The summed E-state index contributed by atoms with van der Waals surface area (Å²) in [7, 11) is 0. The van der Waals surface area contributed by atoms with Gasteiger partial charge in [0.05, 0.1) is 5.56 Å². The van der Waals surface area contributed by atoms with Crippen molar-refractivity contribution >= 4 is 17.7 Å². The summed E-state index contributed by atoms with van der Waals surface area (Å²) < 4.78 is 39.9. The van der Waals surface area contributed by atoms with Crippen LogP contribution in [0.1, 0.15) is 10.4 Å². The lowest BCUT2D eigenvalue weighted by molar-refractivity contribution is -0.161. The second-order valence-electron chi connectivity index (χ2n) is 4.12. The number of amides is 2. The van der Waals surface area contributed by atoms with E-state index in [1.165, 1.54) is 29.2 Å². The van der Waals surface area contributed by atoms with E-state index < -0.39 is 18.8 Å². The van der Waals surface area contributed by atoms with Gasteiger partial charge in [-0.25, -0.2) is 9.59 Å². The molecular formula is C12H11F3N2O3. The van der Waals surface area contributed by atoms with Crippen LogP contribution in [0.15, 0.2) is 24.3 Å². The minimum absolute atomic E-state index is 0.00222. The molecule has 5 nitrogen and oxygen atoms in total. The van der Waals surface area contributed by atoms with Crippen LogP contribution >= 0.6 is 0 Å². The quantitative estimate of drug-likeness (QED) is 0.865. The third kappa shape index (κ3) is 3.40. The van der Waals surface area contributed by atoms with Gasteiger partial charge in [-0.15, -0.1) is 0 Å². The lowest BCUT2D eigenvalue weighted by Gasteiger charge is -2.14. The molecule has 0 radical (unpaired) electrons. The second kappa shape index (κ2) is 5.40. The molecular weight excluding hydrogens is 277 g/mol. The Morgan fingerprint density at radius 3 is 2.45 bits per heavy atom. The van der Waals surface area contributed by atoms with Crippen LogP contribution in [-0.2, 0) is 4.74 Å². The van der Waals surface area contributed by atoms with Gasteiger partial charge in [0, 0.05) is 18.8 Å². The summed E-state index contributed by atoms with van der Waals surface area (Å²) in [6, 6.07) is 5.35. The zero-order chi connectivity index (χ0) is 14.8. The van der Waals surface area contributed by atoms with Crippen molar-refractivity contribution in [2.75, 3.05) is 24.6 Å². The monoisotopic (exact) mass is 288 g/mol. The van der Waals surface area contributed by atoms with E-state index in [4.69, 9.17) is 0 Å². The van der Waals surface area contributed by atoms with Gasteiger partial charge in [-0.3, -0.25) is 4.90 Å². The summed E-state index contributed by atoms with van der Waals surface area (Å²) in [5.74, 6) is -1.06. The van der Waals surface area contributed by atoms with Crippen LogP contribution in [0, 0.1) is 0 Å². The highest BCUT2D eigenvalue weighted by Crippen LogP contribution is 2.19. The number of anilines is 1. The fourth-order valence-corrected chi connectivity index (χ4v) is 1.73. The largest absolute Gasteiger partial charge is 0.452 e. The molecule has 8 heteroatoms. The zero-order valence-electron chi connectivity index (χ0n) is 10.2. The van der Waals surface area contributed by atoms with Gasteiger partial charge in [-0.2, -0.15) is 13.2 Å². The van der Waals surface area contributed by atoms with Crippen molar-refractivity contribution in [2.24, 2.45) is 0 Å². The maximum atomic E-state index is 11.9. The first-order chi connectivity index (χ1) is 9.37. The van der Waals surface area contributed by atoms with Crippen LogP contribution in [0.4, 0.5) is 23.7 Å². The SMILES string of the molecule is O=C(OCC(F)(F)F)c1ccc(N2CCNC2=O)cc1. The molecule has 1 heterocycles. The Kier molecular flexibility index (Phi) is 3.82. The Morgan fingerprint density at radius 2 is 1.95 bits per heavy atom. The highest BCUT2D eigenvalue weighted by molar-refractivity contribution is 5.95. The summed E-state index contributed by atoms with van der Waals surface area (Å²) in [5.41, 5.74) is 0.560. The van der Waals surface area contributed by atoms with E-state index >= 15 is 0 Å². The number of rotatable bonds is 3. The van der Waals surface area contributed by atoms with E-state index in [2.05, 4.69) is 10.1 Å². The molecule has 1 fully saturated rings. The zero-order valence-corrected chi connectivity index (χ0v) is 10.2. The molecule has 0 bridgehead atoms. The summed E-state index contributed by atoms with van der Waals surface area (Å²) >= 11 is 0. The molecule has 0 aliphatic carbocycles. The maximum absolute atomic E-state index is 11.9. The predicted octanol–water partition coefficient (Wildman–Crippen LogP) is 1.94. The summed E-state index contributed by atoms with van der Waals surface area (Å²) in [4.78, 5) is 24.2. The van der Waals surface area contributed by atoms with E-state index in [1.807, 2.05) is 0 Å². The van der Waals surface area contributed by atoms with E-state index in [0.29, 0.717) is 18.8 Å². The van der Waals surface area contributed by atoms with E-state index in [-0.39, 0.29) is 11.6 Å². The first kappa shape index (κ1) is 14.2. The van der Waals surface area contributed by atoms with Crippen molar-refractivity contribution in [3.05, 3.63) is 29.8 Å². The third-order valence-corrected chi connectivity index (χ3v) is 2.64. The Hall–Kier alpha value is -2.25. The van der Waals surface area contributed by atoms with Crippen molar-refractivity contribution in [3.63, 3.8) is 0 Å². The van der Waals surface area contributed by atoms with E-state index in [1.54, 1.807) is 0 Å². The number of halogens is 3. The smallest absolute Gasteiger partial charge is 0.422 e. The Balaban J connectivity index is 2.01. The number of hydrogen-bond donors (Lipinski definition) is 1. The van der Waals surface area contributed by atoms with Gasteiger partial charge >= 0.3 is 18.2 Å². The summed E-state index contributed by atoms with van der Waals surface area (Å²) in [5, 5.41) is 2.61. The molecule has 0 aromatic heterocycles. The Bertz CT molecular complexity index is 514. The van der Waals surface area contributed by atoms with Gasteiger partial charge in [0.25, 0.3) is 0 Å². The van der Waals surface area contributed by atoms with Crippen LogP contribution in [0.25, 0.3) is 0 Å². The van der Waals surface area contributed by atoms with Gasteiger partial charge in [-0.05, 0) is 24.3 Å². The standard InChI is InChI=1S/C12H11F3N2O3/c13-12(14,15)7-20-10(18)8-1-3-9(4-2-8)17-6-5-16-11(17)19/h1-4H,5-7H2,(H,16,19). The number of nitrogens with zero attached hydrogens (tertiary/aromatic N) is 1. The third-order valence-electron chi connectivity index (χ3n) is 2.64. The molecule has 1 aliphatic heterocycles. The van der Waals surface area contributed by atoms with Crippen LogP contribution < -0.4 is 10.2 Å². The molecule has 1 aliphatic rings. The van der Waals surface area contributed by atoms with Gasteiger partial charge < -0.3 is 10.1 Å². The topological polar surface area (TPSA) is 58.6 Å². The highest BCUT2D eigenvalue weighted by Gasteiger charge is 2.30. The summed E-state index contributed by atoms with van der Waals surface area (Å²) in [6.07, 6.45) is -4.55. The molecule has 2 rings (SSSR count). The molecule has 1 aromatic rings. The van der Waals surface area contributed by atoms with E-state index in [9.17, 15) is 22.8 Å². The number of nitrogens with one attached hydrogen (secondary N) is 1. The number of carbonyl (C=O) groups is 2. The van der Waals surface area contributed by atoms with E-state index in [0.717, 1.165) is 0 Å². The molecule has 20 heavy (non-hydrogen) atoms. The molecule has 0 saturated carbocycles. The molecule has 2 amide bonds. The Labute approximate surface area is 112 Å². The molecule has 0 spiro atoms. The van der Waals surface area contributed by atoms with Crippen LogP contribution in [0.3, 0.4) is 0 Å². The van der Waals surface area contributed by atoms with Gasteiger partial charge in [0.1, 0.15) is 0 Å². The first-order valence-corrected chi connectivity index (χ1v) is 5.76. The highest BCUT2D eigenvalue weighted by atomic mass is 19.4. The van der Waals surface area contributed by atoms with Crippen molar-refractivity contribution < 1.29 is 27.5 Å². The Morgan fingerprint density at radius 1 is 1.30 bits per heavy atom. The van der Waals surface area contributed by atoms with Gasteiger partial charge in [-0.1, -0.05) is 0 Å². The fraction of sp³-hybridized carbons (Fsp3) is 0.333. The van der Waals surface area contributed by atoms with Crippen LogP contribution in [0.2, 0.25) is 0 Å². The van der Waals surface area contributed by atoms with Crippen LogP contribution in [-0.4, -0.2) is 37.9 Å². The van der Waals surface area contributed by atoms with Crippen molar-refractivity contribution in [1.82, 2.24) is 5.32 Å². The number of carbonyl (C=O) groups excluding carboxylic acids is 2. The number of hydrogen-bond acceptors (Lipinski definition) is 3. The van der Waals surface area contributed by atoms with Gasteiger partial charge in [0.15, 0.2) is 6.61 Å². The van der Waals surface area contributed by atoms with Gasteiger partial charge in [0.2, 0.25) is 0 Å². The van der Waals surface area contributed by atoms with Crippen molar-refractivity contribution in [2.45, 2.75) is 6.18 Å². The average molecular weight is 288 g/mol. The number of alkyl halides is 3. The van der Waals surface area contributed by atoms with Crippen molar-refractivity contribution in [1.29, 1.82) is 0 Å². The van der Waals surface area contributed by atoms with Crippen molar-refractivity contribution in [3.8, 4) is 0 Å². The van der Waals surface area contributed by atoms with Crippen LogP contribution in [0.5, 0.6) is 0 Å². The molecule has 1 saturated heterocycles. The average Bonchev–Trinajstić information content (AvgIpc) is 2.81. The molecule has 108 valence electrons. The summed E-state index contributed by atoms with van der Waals surface area (Å²) in [6.45, 7) is -0.604. The second-order valence-corrected chi connectivity index (χ2v) is 4.12. The lowest BCUT2D eigenvalue weighted by Crippen LogP contribution is -2.27. The maximum Gasteiger partial charge on any atom is 0.422 e. The molecule has 1 N–H and O–H groups in total. The number of ether oxygens (including phenoxy) is 1. The first-order valence-electron chi connectivity index (χ1n) is 5.76. The normalized spacial score (nSPS) is 15.2. The molecule has 0 atom stereocenters. The predicted molar refractivity (Wildman–Crippen MR) is 63.5 cm³/mol. The number of esters is 1.